The molecule has 0 radical (unpaired) electrons. The number of halogens is 1. The van der Waals surface area contributed by atoms with E-state index in [4.69, 9.17) is 22.1 Å². The van der Waals surface area contributed by atoms with E-state index in [1.807, 2.05) is 13.0 Å². The molecule has 0 amide bonds. The zero-order valence-electron chi connectivity index (χ0n) is 11.0. The van der Waals surface area contributed by atoms with Crippen LogP contribution in [0.4, 0.5) is 5.69 Å². The monoisotopic (exact) mass is 268 g/mol. The molecule has 2 N–H and O–H groups in total. The summed E-state index contributed by atoms with van der Waals surface area (Å²) in [6, 6.07) is 6.81. The highest BCUT2D eigenvalue weighted by Gasteiger charge is 2.21. The van der Waals surface area contributed by atoms with Gasteiger partial charge in [-0.25, -0.2) is 0 Å². The van der Waals surface area contributed by atoms with Crippen LogP contribution in [0.1, 0.15) is 18.9 Å². The lowest BCUT2D eigenvalue weighted by Crippen LogP contribution is -2.31. The number of nitrogens with two attached hydrogens (primary N) is 1. The summed E-state index contributed by atoms with van der Waals surface area (Å²) in [7, 11) is 2.09. The number of anilines is 1. The number of hydrogen-bond acceptors (Lipinski definition) is 3. The molecule has 4 heteroatoms. The second kappa shape index (κ2) is 5.91. The molecule has 0 aromatic heterocycles. The fraction of sp³-hybridized carbons (Fsp3) is 0.571. The van der Waals surface area contributed by atoms with Crippen molar-refractivity contribution in [3.05, 3.63) is 28.8 Å². The van der Waals surface area contributed by atoms with E-state index in [9.17, 15) is 0 Å². The van der Waals surface area contributed by atoms with Crippen LogP contribution in [0.3, 0.4) is 0 Å². The molecule has 0 bridgehead atoms. The van der Waals surface area contributed by atoms with E-state index in [1.165, 1.54) is 0 Å². The van der Waals surface area contributed by atoms with Crippen LogP contribution in [0.5, 0.6) is 0 Å². The molecule has 1 fully saturated rings. The van der Waals surface area contributed by atoms with E-state index in [1.54, 1.807) is 0 Å². The van der Waals surface area contributed by atoms with Crippen molar-refractivity contribution in [2.45, 2.75) is 31.8 Å². The van der Waals surface area contributed by atoms with Crippen molar-refractivity contribution in [2.75, 3.05) is 25.2 Å². The molecule has 18 heavy (non-hydrogen) atoms. The largest absolute Gasteiger partial charge is 0.379 e. The van der Waals surface area contributed by atoms with Gasteiger partial charge in [0.05, 0.1) is 12.6 Å². The molecule has 2 atom stereocenters. The van der Waals surface area contributed by atoms with Gasteiger partial charge < -0.3 is 15.4 Å². The molecule has 0 spiro atoms. The summed E-state index contributed by atoms with van der Waals surface area (Å²) in [5, 5.41) is 0.801. The zero-order chi connectivity index (χ0) is 13.1. The SMILES string of the molecule is CC(N)Cc1ccc(N(C)C2CCOC2)cc1Cl. The van der Waals surface area contributed by atoms with Crippen LogP contribution < -0.4 is 10.6 Å². The van der Waals surface area contributed by atoms with E-state index < -0.39 is 0 Å². The van der Waals surface area contributed by atoms with Crippen LogP contribution in [0.2, 0.25) is 5.02 Å². The summed E-state index contributed by atoms with van der Waals surface area (Å²) in [5.41, 5.74) is 8.06. The van der Waals surface area contributed by atoms with Gasteiger partial charge in [-0.05, 0) is 37.5 Å². The van der Waals surface area contributed by atoms with Crippen molar-refractivity contribution in [3.8, 4) is 0 Å². The number of likely N-dealkylation sites (N-methyl/N-ethyl adjacent to an activating group) is 1. The van der Waals surface area contributed by atoms with Crippen LogP contribution >= 0.6 is 11.6 Å². The van der Waals surface area contributed by atoms with Crippen LogP contribution in [0, 0.1) is 0 Å². The zero-order valence-corrected chi connectivity index (χ0v) is 11.8. The van der Waals surface area contributed by atoms with Crippen LogP contribution in [-0.2, 0) is 11.2 Å². The molecular formula is C14H21ClN2O. The highest BCUT2D eigenvalue weighted by Crippen LogP contribution is 2.26. The highest BCUT2D eigenvalue weighted by atomic mass is 35.5. The van der Waals surface area contributed by atoms with Gasteiger partial charge in [0.15, 0.2) is 0 Å². The Morgan fingerprint density at radius 3 is 2.89 bits per heavy atom. The van der Waals surface area contributed by atoms with Gasteiger partial charge in [-0.3, -0.25) is 0 Å². The number of benzene rings is 1. The molecule has 1 aromatic carbocycles. The predicted octanol–water partition coefficient (Wildman–Crippen LogP) is 2.45. The Morgan fingerprint density at radius 1 is 1.56 bits per heavy atom. The fourth-order valence-electron chi connectivity index (χ4n) is 2.31. The topological polar surface area (TPSA) is 38.5 Å². The number of hydrogen-bond donors (Lipinski definition) is 1. The minimum absolute atomic E-state index is 0.134. The van der Waals surface area contributed by atoms with Gasteiger partial charge in [-0.1, -0.05) is 17.7 Å². The number of rotatable bonds is 4. The van der Waals surface area contributed by atoms with Crippen molar-refractivity contribution in [1.82, 2.24) is 0 Å². The smallest absolute Gasteiger partial charge is 0.0670 e. The standard InChI is InChI=1S/C14H21ClN2O/c1-10(16)7-11-3-4-12(8-14(11)15)17(2)13-5-6-18-9-13/h3-4,8,10,13H,5-7,9,16H2,1-2H3. The molecular weight excluding hydrogens is 248 g/mol. The molecule has 1 heterocycles. The minimum atomic E-state index is 0.134. The first-order chi connectivity index (χ1) is 8.58. The van der Waals surface area contributed by atoms with E-state index in [0.29, 0.717) is 6.04 Å². The first-order valence-corrected chi connectivity index (χ1v) is 6.80. The maximum absolute atomic E-state index is 6.31. The first kappa shape index (κ1) is 13.7. The summed E-state index contributed by atoms with van der Waals surface area (Å²) in [5.74, 6) is 0. The predicted molar refractivity (Wildman–Crippen MR) is 76.4 cm³/mol. The van der Waals surface area contributed by atoms with E-state index >= 15 is 0 Å². The average Bonchev–Trinajstić information content (AvgIpc) is 2.84. The normalized spacial score (nSPS) is 21.0. The van der Waals surface area contributed by atoms with Gasteiger partial charge in [0.25, 0.3) is 0 Å². The number of ether oxygens (including phenoxy) is 1. The quantitative estimate of drug-likeness (QED) is 0.912. The van der Waals surface area contributed by atoms with Crippen molar-refractivity contribution in [2.24, 2.45) is 5.73 Å². The average molecular weight is 269 g/mol. The van der Waals surface area contributed by atoms with Crippen molar-refractivity contribution in [3.63, 3.8) is 0 Å². The van der Waals surface area contributed by atoms with Gasteiger partial charge in [0, 0.05) is 30.4 Å². The molecule has 100 valence electrons. The van der Waals surface area contributed by atoms with Gasteiger partial charge in [0.2, 0.25) is 0 Å². The second-order valence-electron chi connectivity index (χ2n) is 5.09. The summed E-state index contributed by atoms with van der Waals surface area (Å²) < 4.78 is 5.42. The third-order valence-corrected chi connectivity index (χ3v) is 3.79. The van der Waals surface area contributed by atoms with Gasteiger partial charge in [-0.2, -0.15) is 0 Å². The Hall–Kier alpha value is -0.770. The van der Waals surface area contributed by atoms with E-state index in [2.05, 4.69) is 24.1 Å². The first-order valence-electron chi connectivity index (χ1n) is 6.42. The van der Waals surface area contributed by atoms with E-state index in [-0.39, 0.29) is 6.04 Å². The Kier molecular flexibility index (Phi) is 4.49. The summed E-state index contributed by atoms with van der Waals surface area (Å²) in [4.78, 5) is 2.24. The highest BCUT2D eigenvalue weighted by molar-refractivity contribution is 6.31. The van der Waals surface area contributed by atoms with Gasteiger partial charge in [0.1, 0.15) is 0 Å². The molecule has 3 nitrogen and oxygen atoms in total. The van der Waals surface area contributed by atoms with Crippen LogP contribution in [-0.4, -0.2) is 32.3 Å². The fourth-order valence-corrected chi connectivity index (χ4v) is 2.56. The van der Waals surface area contributed by atoms with Crippen LogP contribution in [0.15, 0.2) is 18.2 Å². The Bertz CT molecular complexity index is 403. The summed E-state index contributed by atoms with van der Waals surface area (Å²) >= 11 is 6.31. The maximum atomic E-state index is 6.31. The van der Waals surface area contributed by atoms with E-state index in [0.717, 1.165) is 42.3 Å². The molecule has 2 unspecified atom stereocenters. The Morgan fingerprint density at radius 2 is 2.33 bits per heavy atom. The van der Waals surface area contributed by atoms with Crippen LogP contribution in [0.25, 0.3) is 0 Å². The van der Waals surface area contributed by atoms with Crippen molar-refractivity contribution >= 4 is 17.3 Å². The third kappa shape index (κ3) is 3.16. The van der Waals surface area contributed by atoms with Gasteiger partial charge >= 0.3 is 0 Å². The lowest BCUT2D eigenvalue weighted by molar-refractivity contribution is 0.193. The Labute approximate surface area is 114 Å². The second-order valence-corrected chi connectivity index (χ2v) is 5.49. The molecule has 0 saturated carbocycles. The Balaban J connectivity index is 2.12. The van der Waals surface area contributed by atoms with Gasteiger partial charge in [-0.15, -0.1) is 0 Å². The molecule has 1 aromatic rings. The molecule has 1 aliphatic heterocycles. The number of nitrogens with zero attached hydrogens (tertiary/aromatic N) is 1. The van der Waals surface area contributed by atoms with Crippen molar-refractivity contribution in [1.29, 1.82) is 0 Å². The minimum Gasteiger partial charge on any atom is -0.379 e. The third-order valence-electron chi connectivity index (χ3n) is 3.44. The molecule has 1 saturated heterocycles. The lowest BCUT2D eigenvalue weighted by Gasteiger charge is -2.26. The lowest BCUT2D eigenvalue weighted by atomic mass is 10.1. The molecule has 1 aliphatic rings. The molecule has 2 rings (SSSR count). The summed E-state index contributed by atoms with van der Waals surface area (Å²) in [6.45, 7) is 3.65. The van der Waals surface area contributed by atoms with Crippen molar-refractivity contribution < 1.29 is 4.74 Å². The molecule has 0 aliphatic carbocycles. The summed E-state index contributed by atoms with van der Waals surface area (Å²) in [6.07, 6.45) is 1.89. The maximum Gasteiger partial charge on any atom is 0.0670 e.